The molecular formula is C20H28N2O5S2. The molecule has 7 nitrogen and oxygen atoms in total. The van der Waals surface area contributed by atoms with Gasteiger partial charge in [0.1, 0.15) is 0 Å². The first kappa shape index (κ1) is 20.8. The average molecular weight is 441 g/mol. The topological polar surface area (TPSA) is 115 Å². The van der Waals surface area contributed by atoms with Crippen LogP contribution in [0, 0.1) is 5.92 Å². The van der Waals surface area contributed by atoms with Gasteiger partial charge in [0.25, 0.3) is 0 Å². The molecule has 3 aliphatic rings. The number of amides is 1. The fourth-order valence-electron chi connectivity index (χ4n) is 5.01. The summed E-state index contributed by atoms with van der Waals surface area (Å²) < 4.78 is 51.8. The van der Waals surface area contributed by atoms with E-state index in [1.54, 1.807) is 12.1 Å². The van der Waals surface area contributed by atoms with E-state index in [-0.39, 0.29) is 28.2 Å². The molecule has 0 spiro atoms. The van der Waals surface area contributed by atoms with Crippen LogP contribution in [-0.2, 0) is 37.3 Å². The van der Waals surface area contributed by atoms with Crippen molar-refractivity contribution in [1.82, 2.24) is 4.90 Å². The number of carbonyl (C=O) groups is 1. The molecule has 1 aromatic carbocycles. The molecule has 1 aliphatic carbocycles. The van der Waals surface area contributed by atoms with Gasteiger partial charge in [-0.05, 0) is 74.9 Å². The van der Waals surface area contributed by atoms with Gasteiger partial charge < -0.3 is 5.73 Å². The van der Waals surface area contributed by atoms with Crippen LogP contribution in [0.5, 0.6) is 0 Å². The maximum absolute atomic E-state index is 13.5. The zero-order valence-electron chi connectivity index (χ0n) is 16.4. The third-order valence-corrected chi connectivity index (χ3v) is 10.8. The normalized spacial score (nSPS) is 28.1. The molecule has 9 heteroatoms. The SMILES string of the molecule is NC(=O)C1CCN([C@H]2CS(=O)(=O)C[C@@H]2S(=O)(=O)c2ccc3c(c2)CCCC3)CC1. The molecule has 2 fully saturated rings. The summed E-state index contributed by atoms with van der Waals surface area (Å²) in [4.78, 5) is 13.6. The molecule has 0 unspecified atom stereocenters. The maximum atomic E-state index is 13.5. The van der Waals surface area contributed by atoms with Gasteiger partial charge in [0.05, 0.1) is 21.7 Å². The van der Waals surface area contributed by atoms with Crippen LogP contribution in [0.3, 0.4) is 0 Å². The number of nitrogens with two attached hydrogens (primary N) is 1. The second-order valence-electron chi connectivity index (χ2n) is 8.58. The highest BCUT2D eigenvalue weighted by Gasteiger charge is 2.49. The summed E-state index contributed by atoms with van der Waals surface area (Å²) in [5, 5.41) is -0.973. The Balaban J connectivity index is 1.62. The summed E-state index contributed by atoms with van der Waals surface area (Å²) in [7, 11) is -7.23. The second kappa shape index (κ2) is 7.67. The summed E-state index contributed by atoms with van der Waals surface area (Å²) in [6, 6.07) is 4.71. The molecule has 29 heavy (non-hydrogen) atoms. The lowest BCUT2D eigenvalue weighted by Gasteiger charge is -2.36. The molecule has 2 N–H and O–H groups in total. The Bertz CT molecular complexity index is 1010. The molecule has 0 saturated carbocycles. The Morgan fingerprint density at radius 1 is 1.03 bits per heavy atom. The first-order valence-corrected chi connectivity index (χ1v) is 13.6. The smallest absolute Gasteiger partial charge is 0.220 e. The van der Waals surface area contributed by atoms with E-state index in [0.717, 1.165) is 31.2 Å². The van der Waals surface area contributed by atoms with Crippen molar-refractivity contribution >= 4 is 25.6 Å². The largest absolute Gasteiger partial charge is 0.369 e. The number of benzene rings is 1. The molecule has 0 radical (unpaired) electrons. The van der Waals surface area contributed by atoms with Crippen molar-refractivity contribution in [3.05, 3.63) is 29.3 Å². The number of carbonyl (C=O) groups excluding carboxylic acids is 1. The highest BCUT2D eigenvalue weighted by Crippen LogP contribution is 2.33. The van der Waals surface area contributed by atoms with E-state index in [4.69, 9.17) is 5.73 Å². The van der Waals surface area contributed by atoms with Crippen molar-refractivity contribution in [3.63, 3.8) is 0 Å². The van der Waals surface area contributed by atoms with E-state index in [1.165, 1.54) is 5.56 Å². The number of rotatable bonds is 4. The molecular weight excluding hydrogens is 412 g/mol. The summed E-state index contributed by atoms with van der Waals surface area (Å²) in [6.07, 6.45) is 5.07. The zero-order valence-corrected chi connectivity index (χ0v) is 18.1. The second-order valence-corrected chi connectivity index (χ2v) is 12.9. The van der Waals surface area contributed by atoms with Crippen molar-refractivity contribution in [1.29, 1.82) is 0 Å². The predicted molar refractivity (Wildman–Crippen MR) is 110 cm³/mol. The number of sulfone groups is 2. The number of primary amides is 1. The number of hydrogen-bond acceptors (Lipinski definition) is 6. The maximum Gasteiger partial charge on any atom is 0.220 e. The van der Waals surface area contributed by atoms with Crippen LogP contribution in [0.15, 0.2) is 23.1 Å². The molecule has 1 aromatic rings. The quantitative estimate of drug-likeness (QED) is 0.737. The molecule has 4 rings (SSSR count). The minimum absolute atomic E-state index is 0.150. The number of aryl methyl sites for hydroxylation is 2. The molecule has 2 aliphatic heterocycles. The van der Waals surface area contributed by atoms with E-state index in [0.29, 0.717) is 25.9 Å². The molecule has 160 valence electrons. The third-order valence-electron chi connectivity index (χ3n) is 6.72. The number of nitrogens with zero attached hydrogens (tertiary/aromatic N) is 1. The van der Waals surface area contributed by atoms with Crippen molar-refractivity contribution in [2.24, 2.45) is 11.7 Å². The number of hydrogen-bond donors (Lipinski definition) is 1. The van der Waals surface area contributed by atoms with Crippen LogP contribution in [0.4, 0.5) is 0 Å². The van der Waals surface area contributed by atoms with Gasteiger partial charge >= 0.3 is 0 Å². The molecule has 2 heterocycles. The van der Waals surface area contributed by atoms with Gasteiger partial charge in [-0.15, -0.1) is 0 Å². The zero-order chi connectivity index (χ0) is 20.8. The van der Waals surface area contributed by atoms with Crippen LogP contribution < -0.4 is 5.73 Å². The van der Waals surface area contributed by atoms with Crippen molar-refractivity contribution in [3.8, 4) is 0 Å². The van der Waals surface area contributed by atoms with E-state index in [1.807, 2.05) is 11.0 Å². The van der Waals surface area contributed by atoms with Gasteiger partial charge in [0.2, 0.25) is 5.91 Å². The van der Waals surface area contributed by atoms with Crippen LogP contribution in [-0.4, -0.2) is 63.5 Å². The van der Waals surface area contributed by atoms with Gasteiger partial charge in [-0.3, -0.25) is 9.69 Å². The molecule has 2 saturated heterocycles. The number of fused-ring (bicyclic) bond motifs is 1. The molecule has 0 aromatic heterocycles. The Labute approximate surface area is 172 Å². The van der Waals surface area contributed by atoms with Gasteiger partial charge in [0, 0.05) is 12.0 Å². The Morgan fingerprint density at radius 2 is 1.69 bits per heavy atom. The lowest BCUT2D eigenvalue weighted by Crippen LogP contribution is -2.50. The van der Waals surface area contributed by atoms with Gasteiger partial charge in [0.15, 0.2) is 19.7 Å². The van der Waals surface area contributed by atoms with E-state index in [2.05, 4.69) is 0 Å². The molecule has 0 bridgehead atoms. The Kier molecular flexibility index (Phi) is 5.50. The third kappa shape index (κ3) is 4.09. The molecule has 2 atom stereocenters. The lowest BCUT2D eigenvalue weighted by atomic mass is 9.92. The minimum Gasteiger partial charge on any atom is -0.369 e. The highest BCUT2D eigenvalue weighted by atomic mass is 32.2. The van der Waals surface area contributed by atoms with E-state index < -0.39 is 31.0 Å². The minimum atomic E-state index is -3.78. The first-order valence-electron chi connectivity index (χ1n) is 10.3. The summed E-state index contributed by atoms with van der Waals surface area (Å²) in [5.41, 5.74) is 7.65. The van der Waals surface area contributed by atoms with Crippen molar-refractivity contribution in [2.75, 3.05) is 24.6 Å². The fraction of sp³-hybridized carbons (Fsp3) is 0.650. The first-order chi connectivity index (χ1) is 13.7. The predicted octanol–water partition coefficient (Wildman–Crippen LogP) is 0.702. The summed E-state index contributed by atoms with van der Waals surface area (Å²) in [5.74, 6) is -1.06. The van der Waals surface area contributed by atoms with Crippen LogP contribution >= 0.6 is 0 Å². The van der Waals surface area contributed by atoms with Gasteiger partial charge in [-0.1, -0.05) is 6.07 Å². The molecule has 1 amide bonds. The summed E-state index contributed by atoms with van der Waals surface area (Å²) >= 11 is 0. The monoisotopic (exact) mass is 440 g/mol. The van der Waals surface area contributed by atoms with Crippen molar-refractivity contribution in [2.45, 2.75) is 54.7 Å². The van der Waals surface area contributed by atoms with E-state index in [9.17, 15) is 21.6 Å². The standard InChI is InChI=1S/C20H28N2O5S2/c21-20(23)15-7-9-22(10-8-15)18-12-28(24,25)13-19(18)29(26,27)17-6-5-14-3-1-2-4-16(14)11-17/h5-6,11,15,18-19H,1-4,7-10,12-13H2,(H2,21,23)/t18-,19-/m0/s1. The average Bonchev–Trinajstić information content (AvgIpc) is 3.04. The van der Waals surface area contributed by atoms with Crippen molar-refractivity contribution < 1.29 is 21.6 Å². The highest BCUT2D eigenvalue weighted by molar-refractivity contribution is 7.96. The lowest BCUT2D eigenvalue weighted by molar-refractivity contribution is -0.123. The summed E-state index contributed by atoms with van der Waals surface area (Å²) in [6.45, 7) is 0.980. The Hall–Kier alpha value is -1.45. The van der Waals surface area contributed by atoms with Crippen LogP contribution in [0.25, 0.3) is 0 Å². The van der Waals surface area contributed by atoms with Crippen LogP contribution in [0.2, 0.25) is 0 Å². The van der Waals surface area contributed by atoms with E-state index >= 15 is 0 Å². The van der Waals surface area contributed by atoms with Gasteiger partial charge in [-0.25, -0.2) is 16.8 Å². The fourth-order valence-corrected chi connectivity index (χ4v) is 9.89. The Morgan fingerprint density at radius 3 is 2.34 bits per heavy atom. The van der Waals surface area contributed by atoms with Gasteiger partial charge in [-0.2, -0.15) is 0 Å². The van der Waals surface area contributed by atoms with Crippen LogP contribution in [0.1, 0.15) is 36.8 Å². The number of piperidine rings is 1. The number of likely N-dealkylation sites (tertiary alicyclic amines) is 1.